The van der Waals surface area contributed by atoms with Crippen molar-refractivity contribution < 1.29 is 5.11 Å². The molecule has 0 aliphatic rings. The number of benzene rings is 3. The van der Waals surface area contributed by atoms with E-state index in [0.29, 0.717) is 17.2 Å². The van der Waals surface area contributed by atoms with Crippen LogP contribution in [-0.4, -0.2) is 21.3 Å². The number of nitrogens with zero attached hydrogens (tertiary/aromatic N) is 3. The number of hydrazone groups is 1. The molecule has 5 heteroatoms. The van der Waals surface area contributed by atoms with Crippen LogP contribution in [0.5, 0.6) is 5.75 Å². The lowest BCUT2D eigenvalue weighted by molar-refractivity contribution is 0.475. The molecule has 0 saturated heterocycles. The number of aromatic nitrogens is 2. The Kier molecular flexibility index (Phi) is 4.72. The Morgan fingerprint density at radius 2 is 1.64 bits per heavy atom. The largest absolute Gasteiger partial charge is 0.507 e. The van der Waals surface area contributed by atoms with Crippen LogP contribution >= 0.6 is 0 Å². The maximum absolute atomic E-state index is 10.3. The van der Waals surface area contributed by atoms with Gasteiger partial charge >= 0.3 is 0 Å². The quantitative estimate of drug-likeness (QED) is 0.390. The Morgan fingerprint density at radius 1 is 0.893 bits per heavy atom. The van der Waals surface area contributed by atoms with Gasteiger partial charge < -0.3 is 5.11 Å². The van der Waals surface area contributed by atoms with Gasteiger partial charge in [0.15, 0.2) is 11.6 Å². The topological polar surface area (TPSA) is 70.4 Å². The van der Waals surface area contributed by atoms with E-state index in [4.69, 9.17) is 0 Å². The molecule has 0 atom stereocenters. The van der Waals surface area contributed by atoms with Gasteiger partial charge in [-0.1, -0.05) is 60.7 Å². The van der Waals surface area contributed by atoms with Gasteiger partial charge in [-0.15, -0.1) is 0 Å². The predicted octanol–water partition coefficient (Wildman–Crippen LogP) is 5.07. The van der Waals surface area contributed by atoms with Crippen LogP contribution in [0.15, 0.2) is 71.8 Å². The smallest absolute Gasteiger partial charge is 0.161 e. The zero-order valence-electron chi connectivity index (χ0n) is 15.7. The van der Waals surface area contributed by atoms with Crippen molar-refractivity contribution >= 4 is 22.8 Å². The van der Waals surface area contributed by atoms with Crippen LogP contribution in [0.4, 0.5) is 5.82 Å². The molecule has 0 aliphatic carbocycles. The molecule has 5 nitrogen and oxygen atoms in total. The summed E-state index contributed by atoms with van der Waals surface area (Å²) in [5, 5.41) is 16.6. The third kappa shape index (κ3) is 3.42. The van der Waals surface area contributed by atoms with Gasteiger partial charge in [-0.25, -0.2) is 9.97 Å². The number of aromatic hydroxyl groups is 1. The summed E-state index contributed by atoms with van der Waals surface area (Å²) in [6, 6.07) is 21.3. The first-order valence-electron chi connectivity index (χ1n) is 9.04. The molecule has 2 N–H and O–H groups in total. The minimum absolute atomic E-state index is 0.185. The second-order valence-corrected chi connectivity index (χ2v) is 6.56. The number of aryl methyl sites for hydroxylation is 1. The molecule has 0 saturated carbocycles. The van der Waals surface area contributed by atoms with Gasteiger partial charge in [0, 0.05) is 22.4 Å². The highest BCUT2D eigenvalue weighted by atomic mass is 16.3. The number of hydrogen-bond donors (Lipinski definition) is 2. The van der Waals surface area contributed by atoms with Gasteiger partial charge in [0.1, 0.15) is 5.75 Å². The first-order valence-corrected chi connectivity index (χ1v) is 9.04. The van der Waals surface area contributed by atoms with Gasteiger partial charge in [-0.2, -0.15) is 5.10 Å². The first-order chi connectivity index (χ1) is 13.6. The maximum atomic E-state index is 10.3. The molecule has 0 aliphatic heterocycles. The number of phenolic OH excluding ortho intramolecular Hbond substituents is 1. The van der Waals surface area contributed by atoms with Gasteiger partial charge in [0.25, 0.3) is 0 Å². The summed E-state index contributed by atoms with van der Waals surface area (Å²) >= 11 is 0. The standard InChI is InChI=1S/C23H20N4O/c1-15-16(2)25-23(18-9-4-3-5-10-18)26-22(15)27-24-14-20-19-11-7-6-8-17(19)12-13-21(20)28/h3-14,28H,1-2H3,(H,25,26,27). The van der Waals surface area contributed by atoms with E-state index >= 15 is 0 Å². The summed E-state index contributed by atoms with van der Waals surface area (Å²) in [5.41, 5.74) is 6.44. The van der Waals surface area contributed by atoms with Crippen LogP contribution in [0.3, 0.4) is 0 Å². The molecule has 0 bridgehead atoms. The number of phenols is 1. The van der Waals surface area contributed by atoms with Gasteiger partial charge in [0.2, 0.25) is 0 Å². The fraction of sp³-hybridized carbons (Fsp3) is 0.0870. The summed E-state index contributed by atoms with van der Waals surface area (Å²) in [4.78, 5) is 9.20. The van der Waals surface area contributed by atoms with E-state index in [2.05, 4.69) is 20.5 Å². The average Bonchev–Trinajstić information content (AvgIpc) is 2.73. The molecule has 4 rings (SSSR count). The zero-order valence-corrected chi connectivity index (χ0v) is 15.7. The van der Waals surface area contributed by atoms with Crippen molar-refractivity contribution in [3.8, 4) is 17.1 Å². The van der Waals surface area contributed by atoms with Crippen LogP contribution in [-0.2, 0) is 0 Å². The van der Waals surface area contributed by atoms with Crippen LogP contribution in [0.25, 0.3) is 22.2 Å². The second kappa shape index (κ2) is 7.48. The van der Waals surface area contributed by atoms with Crippen molar-refractivity contribution in [2.45, 2.75) is 13.8 Å². The van der Waals surface area contributed by atoms with Crippen LogP contribution in [0.2, 0.25) is 0 Å². The molecule has 0 radical (unpaired) electrons. The zero-order chi connectivity index (χ0) is 19.5. The molecule has 1 aromatic heterocycles. The molecular weight excluding hydrogens is 348 g/mol. The minimum Gasteiger partial charge on any atom is -0.507 e. The Balaban J connectivity index is 1.67. The molecule has 3 aromatic carbocycles. The van der Waals surface area contributed by atoms with Crippen LogP contribution < -0.4 is 5.43 Å². The molecule has 1 heterocycles. The van der Waals surface area contributed by atoms with Crippen molar-refractivity contribution in [3.05, 3.63) is 83.6 Å². The van der Waals surface area contributed by atoms with Crippen molar-refractivity contribution in [2.75, 3.05) is 5.43 Å². The van der Waals surface area contributed by atoms with Crippen molar-refractivity contribution in [2.24, 2.45) is 5.10 Å². The molecule has 28 heavy (non-hydrogen) atoms. The number of rotatable bonds is 4. The molecule has 0 unspecified atom stereocenters. The van der Waals surface area contributed by atoms with Crippen molar-refractivity contribution in [1.29, 1.82) is 0 Å². The Hall–Kier alpha value is -3.73. The summed E-state index contributed by atoms with van der Waals surface area (Å²) in [7, 11) is 0. The molecule has 0 amide bonds. The summed E-state index contributed by atoms with van der Waals surface area (Å²) < 4.78 is 0. The fourth-order valence-corrected chi connectivity index (χ4v) is 3.03. The number of anilines is 1. The van der Waals surface area contributed by atoms with Crippen molar-refractivity contribution in [1.82, 2.24) is 9.97 Å². The third-order valence-electron chi connectivity index (χ3n) is 4.73. The van der Waals surface area contributed by atoms with Gasteiger partial charge in [-0.3, -0.25) is 5.43 Å². The highest BCUT2D eigenvalue weighted by Gasteiger charge is 2.09. The Bertz CT molecular complexity index is 1170. The number of hydrogen-bond acceptors (Lipinski definition) is 5. The van der Waals surface area contributed by atoms with E-state index in [-0.39, 0.29) is 5.75 Å². The second-order valence-electron chi connectivity index (χ2n) is 6.56. The van der Waals surface area contributed by atoms with Crippen LogP contribution in [0.1, 0.15) is 16.8 Å². The van der Waals surface area contributed by atoms with E-state index in [1.54, 1.807) is 12.3 Å². The molecule has 4 aromatic rings. The normalized spacial score (nSPS) is 11.2. The maximum Gasteiger partial charge on any atom is 0.161 e. The fourth-order valence-electron chi connectivity index (χ4n) is 3.03. The number of fused-ring (bicyclic) bond motifs is 1. The van der Waals surface area contributed by atoms with Gasteiger partial charge in [-0.05, 0) is 30.7 Å². The van der Waals surface area contributed by atoms with E-state index in [9.17, 15) is 5.11 Å². The lowest BCUT2D eigenvalue weighted by Crippen LogP contribution is -2.03. The minimum atomic E-state index is 0.185. The SMILES string of the molecule is Cc1nc(-c2ccccc2)nc(NN=Cc2c(O)ccc3ccccc23)c1C. The van der Waals surface area contributed by atoms with Gasteiger partial charge in [0.05, 0.1) is 6.21 Å². The van der Waals surface area contributed by atoms with Crippen LogP contribution in [0, 0.1) is 13.8 Å². The van der Waals surface area contributed by atoms with Crippen molar-refractivity contribution in [3.63, 3.8) is 0 Å². The van der Waals surface area contributed by atoms with E-state index in [1.807, 2.05) is 74.5 Å². The highest BCUT2D eigenvalue weighted by Crippen LogP contribution is 2.26. The first kappa shape index (κ1) is 17.7. The van der Waals surface area contributed by atoms with E-state index in [1.165, 1.54) is 0 Å². The van der Waals surface area contributed by atoms with E-state index in [0.717, 1.165) is 27.6 Å². The summed E-state index contributed by atoms with van der Waals surface area (Å²) in [6.45, 7) is 3.91. The molecule has 0 fully saturated rings. The predicted molar refractivity (Wildman–Crippen MR) is 114 cm³/mol. The van der Waals surface area contributed by atoms with E-state index < -0.39 is 0 Å². The lowest BCUT2D eigenvalue weighted by atomic mass is 10.0. The number of nitrogens with one attached hydrogen (secondary N) is 1. The lowest BCUT2D eigenvalue weighted by Gasteiger charge is -2.10. The third-order valence-corrected chi connectivity index (χ3v) is 4.73. The Labute approximate surface area is 163 Å². The average molecular weight is 368 g/mol. The molecular formula is C23H20N4O. The monoisotopic (exact) mass is 368 g/mol. The summed E-state index contributed by atoms with van der Waals surface area (Å²) in [6.07, 6.45) is 1.62. The molecule has 0 spiro atoms. The summed E-state index contributed by atoms with van der Waals surface area (Å²) in [5.74, 6) is 1.47. The Morgan fingerprint density at radius 3 is 2.46 bits per heavy atom. The highest BCUT2D eigenvalue weighted by molar-refractivity contribution is 6.02. The molecule has 138 valence electrons.